The number of nitrogens with zero attached hydrogens (tertiary/aromatic N) is 2. The van der Waals surface area contributed by atoms with Crippen LogP contribution in [-0.4, -0.2) is 55.4 Å². The van der Waals surface area contributed by atoms with E-state index in [9.17, 15) is 22.7 Å². The number of aliphatic hydroxyl groups excluding tert-OH is 1. The maximum Gasteiger partial charge on any atom is 0.416 e. The Hall–Kier alpha value is -2.32. The van der Waals surface area contributed by atoms with Gasteiger partial charge in [0.1, 0.15) is 24.3 Å². The van der Waals surface area contributed by atoms with Gasteiger partial charge in [-0.05, 0) is 36.4 Å². The van der Waals surface area contributed by atoms with Crippen molar-refractivity contribution in [3.05, 3.63) is 59.9 Å². The molecule has 2 aromatic carbocycles. The summed E-state index contributed by atoms with van der Waals surface area (Å²) in [6.07, 6.45) is -5.26. The third kappa shape index (κ3) is 5.59. The fraction of sp³-hybridized carbons (Fsp3) is 0.400. The molecule has 0 radical (unpaired) electrons. The Morgan fingerprint density at radius 2 is 1.71 bits per heavy atom. The molecule has 2 aromatic rings. The van der Waals surface area contributed by atoms with Gasteiger partial charge in [0.05, 0.1) is 5.56 Å². The molecule has 152 valence electrons. The fourth-order valence-electron chi connectivity index (χ4n) is 3.17. The molecule has 4 nitrogen and oxygen atoms in total. The monoisotopic (exact) mass is 398 g/mol. The van der Waals surface area contributed by atoms with Gasteiger partial charge in [0.15, 0.2) is 0 Å². The van der Waals surface area contributed by atoms with Crippen molar-refractivity contribution in [2.24, 2.45) is 0 Å². The largest absolute Gasteiger partial charge is 0.491 e. The lowest BCUT2D eigenvalue weighted by molar-refractivity contribution is -0.137. The van der Waals surface area contributed by atoms with Gasteiger partial charge < -0.3 is 14.7 Å². The number of ether oxygens (including phenoxy) is 1. The minimum absolute atomic E-state index is 0.0739. The van der Waals surface area contributed by atoms with Gasteiger partial charge in [-0.3, -0.25) is 4.90 Å². The minimum Gasteiger partial charge on any atom is -0.491 e. The number of β-amino-alcohol motifs (C(OH)–C–C–N with tert-alkyl or cyclic N) is 1. The molecule has 1 aliphatic heterocycles. The van der Waals surface area contributed by atoms with E-state index in [2.05, 4.69) is 9.80 Å². The third-order valence-electron chi connectivity index (χ3n) is 4.62. The number of hydrogen-bond donors (Lipinski definition) is 1. The quantitative estimate of drug-likeness (QED) is 0.757. The lowest BCUT2D eigenvalue weighted by Gasteiger charge is -2.36. The molecule has 1 saturated heterocycles. The van der Waals surface area contributed by atoms with Crippen LogP contribution in [0.1, 0.15) is 5.56 Å². The summed E-state index contributed by atoms with van der Waals surface area (Å²) in [5, 5.41) is 10.2. The molecule has 1 unspecified atom stereocenters. The van der Waals surface area contributed by atoms with E-state index in [1.54, 1.807) is 6.07 Å². The first-order chi connectivity index (χ1) is 13.3. The average molecular weight is 398 g/mol. The van der Waals surface area contributed by atoms with Crippen LogP contribution >= 0.6 is 0 Å². The van der Waals surface area contributed by atoms with E-state index in [-0.39, 0.29) is 18.2 Å². The smallest absolute Gasteiger partial charge is 0.416 e. The molecular formula is C20H22F4N2O2. The van der Waals surface area contributed by atoms with Crippen LogP contribution in [0.3, 0.4) is 0 Å². The van der Waals surface area contributed by atoms with Crippen LogP contribution in [0.25, 0.3) is 0 Å². The molecule has 0 spiro atoms. The van der Waals surface area contributed by atoms with Crippen molar-refractivity contribution in [2.75, 3.05) is 44.2 Å². The lowest BCUT2D eigenvalue weighted by atomic mass is 10.2. The maximum atomic E-state index is 13.3. The van der Waals surface area contributed by atoms with Crippen molar-refractivity contribution in [1.82, 2.24) is 4.90 Å². The predicted molar refractivity (Wildman–Crippen MR) is 98.0 cm³/mol. The summed E-state index contributed by atoms with van der Waals surface area (Å²) in [5.74, 6) is -0.202. The van der Waals surface area contributed by atoms with Crippen LogP contribution in [0.15, 0.2) is 48.5 Å². The summed E-state index contributed by atoms with van der Waals surface area (Å²) in [6, 6.07) is 11.0. The second-order valence-electron chi connectivity index (χ2n) is 6.76. The standard InChI is InChI=1S/C20H22F4N2O2/c21-16-4-2-5-17(12-16)26-9-7-25(8-10-26)13-18(27)14-28-19-6-1-3-15(11-19)20(22,23)24/h1-6,11-12,18,27H,7-10,13-14H2. The second-order valence-corrected chi connectivity index (χ2v) is 6.76. The highest BCUT2D eigenvalue weighted by Gasteiger charge is 2.30. The number of anilines is 1. The molecule has 1 aliphatic rings. The molecule has 0 bridgehead atoms. The first-order valence-corrected chi connectivity index (χ1v) is 9.02. The Kier molecular flexibility index (Phi) is 6.41. The van der Waals surface area contributed by atoms with Gasteiger partial charge in [-0.15, -0.1) is 0 Å². The fourth-order valence-corrected chi connectivity index (χ4v) is 3.17. The number of alkyl halides is 3. The van der Waals surface area contributed by atoms with Gasteiger partial charge in [-0.2, -0.15) is 13.2 Å². The Balaban J connectivity index is 1.44. The zero-order valence-corrected chi connectivity index (χ0v) is 15.2. The molecule has 1 fully saturated rings. The zero-order valence-electron chi connectivity index (χ0n) is 15.2. The summed E-state index contributed by atoms with van der Waals surface area (Å²) in [6.45, 7) is 3.05. The Bertz CT molecular complexity index is 777. The van der Waals surface area contributed by atoms with E-state index in [0.717, 1.165) is 17.8 Å². The molecule has 28 heavy (non-hydrogen) atoms. The summed E-state index contributed by atoms with van der Waals surface area (Å²) in [7, 11) is 0. The molecule has 0 amide bonds. The number of rotatable bonds is 6. The molecule has 1 heterocycles. The van der Waals surface area contributed by atoms with Crippen LogP contribution < -0.4 is 9.64 Å². The Labute approximate surface area is 160 Å². The normalized spacial score (nSPS) is 16.8. The first-order valence-electron chi connectivity index (χ1n) is 9.02. The zero-order chi connectivity index (χ0) is 20.1. The molecule has 1 N–H and O–H groups in total. The van der Waals surface area contributed by atoms with E-state index < -0.39 is 17.8 Å². The van der Waals surface area contributed by atoms with Crippen LogP contribution in [0.4, 0.5) is 23.2 Å². The highest BCUT2D eigenvalue weighted by Crippen LogP contribution is 2.31. The maximum absolute atomic E-state index is 13.3. The highest BCUT2D eigenvalue weighted by atomic mass is 19.4. The van der Waals surface area contributed by atoms with E-state index in [1.165, 1.54) is 24.3 Å². The number of piperazine rings is 1. The Morgan fingerprint density at radius 3 is 2.39 bits per heavy atom. The SMILES string of the molecule is OC(COc1cccc(C(F)(F)F)c1)CN1CCN(c2cccc(F)c2)CC1. The van der Waals surface area contributed by atoms with E-state index >= 15 is 0 Å². The number of halogens is 4. The summed E-state index contributed by atoms with van der Waals surface area (Å²) in [4.78, 5) is 4.13. The Morgan fingerprint density at radius 1 is 1.00 bits per heavy atom. The van der Waals surface area contributed by atoms with Crippen molar-refractivity contribution in [1.29, 1.82) is 0 Å². The minimum atomic E-state index is -4.43. The van der Waals surface area contributed by atoms with Crippen LogP contribution in [0, 0.1) is 5.82 Å². The number of benzene rings is 2. The number of aliphatic hydroxyl groups is 1. The van der Waals surface area contributed by atoms with E-state index in [4.69, 9.17) is 4.74 Å². The highest BCUT2D eigenvalue weighted by molar-refractivity contribution is 5.46. The molecule has 8 heteroatoms. The molecular weight excluding hydrogens is 376 g/mol. The number of hydrogen-bond acceptors (Lipinski definition) is 4. The summed E-state index contributed by atoms with van der Waals surface area (Å²) < 4.78 is 56.8. The van der Waals surface area contributed by atoms with Gasteiger partial charge in [-0.1, -0.05) is 12.1 Å². The van der Waals surface area contributed by atoms with Crippen LogP contribution in [0.2, 0.25) is 0 Å². The summed E-state index contributed by atoms with van der Waals surface area (Å²) in [5.41, 5.74) is 0.0426. The summed E-state index contributed by atoms with van der Waals surface area (Å²) >= 11 is 0. The first kappa shape index (κ1) is 20.4. The van der Waals surface area contributed by atoms with Crippen molar-refractivity contribution < 1.29 is 27.4 Å². The second kappa shape index (κ2) is 8.79. The van der Waals surface area contributed by atoms with E-state index in [0.29, 0.717) is 32.7 Å². The molecule has 0 saturated carbocycles. The van der Waals surface area contributed by atoms with Gasteiger partial charge >= 0.3 is 6.18 Å². The van der Waals surface area contributed by atoms with Crippen molar-refractivity contribution >= 4 is 5.69 Å². The third-order valence-corrected chi connectivity index (χ3v) is 4.62. The van der Waals surface area contributed by atoms with Crippen molar-refractivity contribution in [3.63, 3.8) is 0 Å². The van der Waals surface area contributed by atoms with Gasteiger partial charge in [0.2, 0.25) is 0 Å². The van der Waals surface area contributed by atoms with E-state index in [1.807, 2.05) is 6.07 Å². The van der Waals surface area contributed by atoms with Crippen molar-refractivity contribution in [3.8, 4) is 5.75 Å². The van der Waals surface area contributed by atoms with Gasteiger partial charge in [0.25, 0.3) is 0 Å². The molecule has 0 aromatic heterocycles. The lowest BCUT2D eigenvalue weighted by Crippen LogP contribution is -2.49. The average Bonchev–Trinajstić information content (AvgIpc) is 2.66. The van der Waals surface area contributed by atoms with Crippen molar-refractivity contribution in [2.45, 2.75) is 12.3 Å². The molecule has 0 aliphatic carbocycles. The predicted octanol–water partition coefficient (Wildman–Crippen LogP) is 3.41. The topological polar surface area (TPSA) is 35.9 Å². The van der Waals surface area contributed by atoms with Gasteiger partial charge in [-0.25, -0.2) is 4.39 Å². The van der Waals surface area contributed by atoms with Crippen LogP contribution in [0.5, 0.6) is 5.75 Å². The van der Waals surface area contributed by atoms with Crippen LogP contribution in [-0.2, 0) is 6.18 Å². The molecule has 1 atom stereocenters. The molecule has 3 rings (SSSR count). The van der Waals surface area contributed by atoms with Gasteiger partial charge in [0, 0.05) is 38.4 Å².